The normalized spacial score (nSPS) is 67.6. The molecule has 72 valence electrons. The summed E-state index contributed by atoms with van der Waals surface area (Å²) in [6.07, 6.45) is 10.6. The molecule has 4 aliphatic carbocycles. The third kappa shape index (κ3) is 0.562. The largest absolute Gasteiger partial charge is 0.389 e. The van der Waals surface area contributed by atoms with Crippen LogP contribution in [0.15, 0.2) is 0 Å². The first-order valence-corrected chi connectivity index (χ1v) is 5.91. The van der Waals surface area contributed by atoms with Crippen molar-refractivity contribution in [3.05, 3.63) is 0 Å². The molecule has 1 unspecified atom stereocenters. The molecule has 0 heterocycles. The van der Waals surface area contributed by atoms with E-state index in [-0.39, 0.29) is 5.60 Å². The van der Waals surface area contributed by atoms with Gasteiger partial charge in [0.05, 0.1) is 5.60 Å². The van der Waals surface area contributed by atoms with Gasteiger partial charge in [-0.1, -0.05) is 0 Å². The molecule has 0 aromatic rings. The molecule has 0 amide bonds. The Morgan fingerprint density at radius 3 is 2.85 bits per heavy atom. The van der Waals surface area contributed by atoms with Gasteiger partial charge in [0.1, 0.15) is 0 Å². The summed E-state index contributed by atoms with van der Waals surface area (Å²) < 4.78 is 0. The average molecular weight is 178 g/mol. The van der Waals surface area contributed by atoms with Gasteiger partial charge >= 0.3 is 0 Å². The molecule has 0 aromatic heterocycles. The fraction of sp³-hybridized carbons (Fsp3) is 1.00. The van der Waals surface area contributed by atoms with E-state index in [1.165, 1.54) is 38.5 Å². The number of fused-ring (bicyclic) bond motifs is 1. The standard InChI is InChI=1S/C12H18O/c13-12-4-1-3-11(12)7-10(8-12)5-2-9(11)6-10/h9,13H,1-8H2/t9-,10-,11-,12?/m0/s1. The third-order valence-electron chi connectivity index (χ3n) is 5.98. The molecule has 4 fully saturated rings. The maximum Gasteiger partial charge on any atom is 0.0711 e. The van der Waals surface area contributed by atoms with Gasteiger partial charge in [0.25, 0.3) is 0 Å². The van der Waals surface area contributed by atoms with E-state index in [0.717, 1.165) is 18.8 Å². The van der Waals surface area contributed by atoms with Crippen molar-refractivity contribution in [2.24, 2.45) is 16.7 Å². The SMILES string of the molecule is OC12CCC[C@@]13C[C@@]1(CC[C@H]3C1)C2. The number of hydrogen-bond donors (Lipinski definition) is 1. The van der Waals surface area contributed by atoms with Gasteiger partial charge in [0, 0.05) is 5.41 Å². The van der Waals surface area contributed by atoms with Crippen LogP contribution in [0.1, 0.15) is 51.4 Å². The lowest BCUT2D eigenvalue weighted by molar-refractivity contribution is -0.0736. The van der Waals surface area contributed by atoms with Gasteiger partial charge in [-0.3, -0.25) is 0 Å². The first-order chi connectivity index (χ1) is 6.18. The zero-order valence-electron chi connectivity index (χ0n) is 8.18. The summed E-state index contributed by atoms with van der Waals surface area (Å²) in [5.74, 6) is 0.911. The molecule has 3 bridgehead atoms. The van der Waals surface area contributed by atoms with E-state index in [1.807, 2.05) is 0 Å². The van der Waals surface area contributed by atoms with Crippen LogP contribution in [0, 0.1) is 16.7 Å². The predicted octanol–water partition coefficient (Wildman–Crippen LogP) is 2.48. The molecule has 4 rings (SSSR count). The number of aliphatic hydroxyl groups is 1. The van der Waals surface area contributed by atoms with Gasteiger partial charge in [-0.15, -0.1) is 0 Å². The average Bonchev–Trinajstić information content (AvgIpc) is 2.68. The molecule has 0 aliphatic heterocycles. The van der Waals surface area contributed by atoms with E-state index < -0.39 is 0 Å². The highest BCUT2D eigenvalue weighted by Crippen LogP contribution is 2.79. The van der Waals surface area contributed by atoms with Gasteiger partial charge in [0.15, 0.2) is 0 Å². The lowest BCUT2D eigenvalue weighted by Crippen LogP contribution is -2.44. The summed E-state index contributed by atoms with van der Waals surface area (Å²) in [5, 5.41) is 10.7. The van der Waals surface area contributed by atoms with Crippen LogP contribution >= 0.6 is 0 Å². The first-order valence-electron chi connectivity index (χ1n) is 5.91. The van der Waals surface area contributed by atoms with Crippen LogP contribution in [-0.4, -0.2) is 10.7 Å². The fourth-order valence-corrected chi connectivity index (χ4v) is 5.78. The maximum absolute atomic E-state index is 10.7. The van der Waals surface area contributed by atoms with Gasteiger partial charge < -0.3 is 5.11 Å². The smallest absolute Gasteiger partial charge is 0.0711 e. The van der Waals surface area contributed by atoms with Crippen molar-refractivity contribution in [2.45, 2.75) is 57.0 Å². The molecule has 4 aliphatic rings. The summed E-state index contributed by atoms with van der Waals surface area (Å²) in [5.41, 5.74) is 0.845. The monoisotopic (exact) mass is 178 g/mol. The van der Waals surface area contributed by atoms with Crippen molar-refractivity contribution in [3.63, 3.8) is 0 Å². The highest BCUT2D eigenvalue weighted by Gasteiger charge is 2.74. The molecule has 0 saturated heterocycles. The second kappa shape index (κ2) is 1.71. The third-order valence-corrected chi connectivity index (χ3v) is 5.98. The van der Waals surface area contributed by atoms with Crippen molar-refractivity contribution in [1.29, 1.82) is 0 Å². The lowest BCUT2D eigenvalue weighted by atomic mass is 9.67. The summed E-state index contributed by atoms with van der Waals surface area (Å²) in [6, 6.07) is 0. The Bertz CT molecular complexity index is 283. The second-order valence-corrected chi connectivity index (χ2v) is 6.33. The Morgan fingerprint density at radius 2 is 2.00 bits per heavy atom. The van der Waals surface area contributed by atoms with Crippen LogP contribution in [-0.2, 0) is 0 Å². The summed E-state index contributed by atoms with van der Waals surface area (Å²) in [7, 11) is 0. The van der Waals surface area contributed by atoms with Gasteiger partial charge in [0.2, 0.25) is 0 Å². The molecule has 4 atom stereocenters. The summed E-state index contributed by atoms with van der Waals surface area (Å²) in [4.78, 5) is 0. The second-order valence-electron chi connectivity index (χ2n) is 6.33. The fourth-order valence-electron chi connectivity index (χ4n) is 5.78. The lowest BCUT2D eigenvalue weighted by Gasteiger charge is -2.41. The van der Waals surface area contributed by atoms with Crippen LogP contribution in [0.4, 0.5) is 0 Å². The van der Waals surface area contributed by atoms with Gasteiger partial charge in [-0.25, -0.2) is 0 Å². The Morgan fingerprint density at radius 1 is 1.08 bits per heavy atom. The molecule has 0 aromatic carbocycles. The van der Waals surface area contributed by atoms with Crippen molar-refractivity contribution in [1.82, 2.24) is 0 Å². The number of rotatable bonds is 0. The van der Waals surface area contributed by atoms with Crippen molar-refractivity contribution < 1.29 is 5.11 Å². The maximum atomic E-state index is 10.7. The van der Waals surface area contributed by atoms with E-state index in [0.29, 0.717) is 10.8 Å². The summed E-state index contributed by atoms with van der Waals surface area (Å²) in [6.45, 7) is 0. The van der Waals surface area contributed by atoms with Gasteiger partial charge in [-0.2, -0.15) is 0 Å². The highest BCUT2D eigenvalue weighted by atomic mass is 16.3. The first kappa shape index (κ1) is 7.28. The molecule has 0 radical (unpaired) electrons. The minimum absolute atomic E-state index is 0.202. The Hall–Kier alpha value is -0.0400. The van der Waals surface area contributed by atoms with Crippen LogP contribution in [0.3, 0.4) is 0 Å². The van der Waals surface area contributed by atoms with E-state index >= 15 is 0 Å². The van der Waals surface area contributed by atoms with Crippen LogP contribution < -0.4 is 0 Å². The zero-order chi connectivity index (χ0) is 8.73. The van der Waals surface area contributed by atoms with Crippen LogP contribution in [0.5, 0.6) is 0 Å². The Kier molecular flexibility index (Phi) is 0.959. The molecule has 1 N–H and O–H groups in total. The topological polar surface area (TPSA) is 20.2 Å². The van der Waals surface area contributed by atoms with Crippen LogP contribution in [0.25, 0.3) is 0 Å². The highest BCUT2D eigenvalue weighted by molar-refractivity contribution is 5.25. The van der Waals surface area contributed by atoms with E-state index in [2.05, 4.69) is 0 Å². The van der Waals surface area contributed by atoms with Crippen LogP contribution in [0.2, 0.25) is 0 Å². The molecular weight excluding hydrogens is 160 g/mol. The van der Waals surface area contributed by atoms with Gasteiger partial charge in [-0.05, 0) is 62.7 Å². The quantitative estimate of drug-likeness (QED) is 0.604. The Balaban J connectivity index is 1.92. The van der Waals surface area contributed by atoms with E-state index in [9.17, 15) is 5.11 Å². The Labute approximate surface area is 79.5 Å². The molecule has 4 saturated carbocycles. The molecule has 1 nitrogen and oxygen atoms in total. The van der Waals surface area contributed by atoms with Crippen molar-refractivity contribution in [2.75, 3.05) is 0 Å². The molecule has 1 heteroatoms. The molecule has 13 heavy (non-hydrogen) atoms. The van der Waals surface area contributed by atoms with E-state index in [4.69, 9.17) is 0 Å². The predicted molar refractivity (Wildman–Crippen MR) is 50.2 cm³/mol. The zero-order valence-corrected chi connectivity index (χ0v) is 8.18. The minimum Gasteiger partial charge on any atom is -0.389 e. The van der Waals surface area contributed by atoms with Crippen molar-refractivity contribution in [3.8, 4) is 0 Å². The van der Waals surface area contributed by atoms with E-state index in [1.54, 1.807) is 0 Å². The van der Waals surface area contributed by atoms with Crippen molar-refractivity contribution >= 4 is 0 Å². The summed E-state index contributed by atoms with van der Waals surface area (Å²) >= 11 is 0. The minimum atomic E-state index is -0.202. The number of hydrogen-bond acceptors (Lipinski definition) is 1. The molecule has 2 spiro atoms. The molecular formula is C12H18O.